The van der Waals surface area contributed by atoms with Crippen LogP contribution in [0, 0.1) is 0 Å². The molecule has 0 amide bonds. The molecule has 0 aliphatic heterocycles. The Kier molecular flexibility index (Phi) is 6.06. The van der Waals surface area contributed by atoms with Gasteiger partial charge in [0, 0.05) is 14.7 Å². The first-order valence-electron chi connectivity index (χ1n) is 9.81. The molecule has 2 nitrogen and oxygen atoms in total. The van der Waals surface area contributed by atoms with Crippen molar-refractivity contribution in [2.75, 3.05) is 0 Å². The molecular formula is C26H19F3O2S. The highest BCUT2D eigenvalue weighted by atomic mass is 32.3. The molecule has 0 N–H and O–H groups in total. The van der Waals surface area contributed by atoms with Crippen LogP contribution in [0.2, 0.25) is 0 Å². The van der Waals surface area contributed by atoms with E-state index in [0.29, 0.717) is 0 Å². The van der Waals surface area contributed by atoms with E-state index in [4.69, 9.17) is 4.18 Å². The predicted octanol–water partition coefficient (Wildman–Crippen LogP) is 7.76. The van der Waals surface area contributed by atoms with Gasteiger partial charge in [0.15, 0.2) is 0 Å². The Hall–Kier alpha value is -3.51. The maximum atomic E-state index is 13.3. The molecule has 0 radical (unpaired) electrons. The summed E-state index contributed by atoms with van der Waals surface area (Å²) in [6, 6.07) is 32.3. The van der Waals surface area contributed by atoms with Gasteiger partial charge in [-0.05, 0) is 71.0 Å². The van der Waals surface area contributed by atoms with Crippen LogP contribution in [0.3, 0.4) is 0 Å². The van der Waals surface area contributed by atoms with E-state index in [1.165, 1.54) is 0 Å². The Morgan fingerprint density at radius 1 is 0.594 bits per heavy atom. The number of hydrogen-bond acceptors (Lipinski definition) is 2. The van der Waals surface area contributed by atoms with Crippen LogP contribution in [-0.2, 0) is 10.4 Å². The fourth-order valence-electron chi connectivity index (χ4n) is 3.35. The molecule has 0 saturated carbocycles. The van der Waals surface area contributed by atoms with Gasteiger partial charge in [-0.25, -0.2) is 4.79 Å². The monoisotopic (exact) mass is 452 g/mol. The van der Waals surface area contributed by atoms with Gasteiger partial charge < -0.3 is 4.18 Å². The predicted molar refractivity (Wildman–Crippen MR) is 119 cm³/mol. The van der Waals surface area contributed by atoms with Gasteiger partial charge in [-0.3, -0.25) is 0 Å². The first-order valence-corrected chi connectivity index (χ1v) is 11.4. The van der Waals surface area contributed by atoms with Gasteiger partial charge in [0.2, 0.25) is 0 Å². The van der Waals surface area contributed by atoms with Gasteiger partial charge in [-0.15, -0.1) is 0 Å². The third-order valence-electron chi connectivity index (χ3n) is 4.87. The van der Waals surface area contributed by atoms with Gasteiger partial charge in [0.25, 0.3) is 0 Å². The quantitative estimate of drug-likeness (QED) is 0.309. The van der Waals surface area contributed by atoms with Crippen molar-refractivity contribution in [3.05, 3.63) is 126 Å². The average Bonchev–Trinajstić information content (AvgIpc) is 2.83. The Labute approximate surface area is 185 Å². The van der Waals surface area contributed by atoms with E-state index < -0.39 is 28.0 Å². The average molecular weight is 452 g/mol. The van der Waals surface area contributed by atoms with Crippen LogP contribution in [0.25, 0.3) is 0 Å². The van der Waals surface area contributed by atoms with Gasteiger partial charge >= 0.3 is 12.1 Å². The van der Waals surface area contributed by atoms with Crippen molar-refractivity contribution in [1.29, 1.82) is 0 Å². The number of carbonyl (C=O) groups is 1. The topological polar surface area (TPSA) is 26.3 Å². The molecule has 4 aromatic carbocycles. The first-order chi connectivity index (χ1) is 15.4. The summed E-state index contributed by atoms with van der Waals surface area (Å²) in [5.74, 6) is -0.690. The Balaban J connectivity index is 1.85. The lowest BCUT2D eigenvalue weighted by atomic mass is 10.1. The zero-order valence-electron chi connectivity index (χ0n) is 16.8. The molecule has 0 fully saturated rings. The second kappa shape index (κ2) is 8.93. The minimum Gasteiger partial charge on any atom is -0.398 e. The van der Waals surface area contributed by atoms with E-state index in [2.05, 4.69) is 0 Å². The smallest absolute Gasteiger partial charge is 0.398 e. The van der Waals surface area contributed by atoms with Crippen LogP contribution >= 0.6 is 10.3 Å². The van der Waals surface area contributed by atoms with E-state index in [1.54, 1.807) is 0 Å². The molecule has 0 spiro atoms. The highest BCUT2D eigenvalue weighted by Gasteiger charge is 2.36. The molecule has 32 heavy (non-hydrogen) atoms. The van der Waals surface area contributed by atoms with Gasteiger partial charge in [0.1, 0.15) is 0 Å². The summed E-state index contributed by atoms with van der Waals surface area (Å²) >= 11 is 0. The summed E-state index contributed by atoms with van der Waals surface area (Å²) in [6.07, 6.45) is -4.48. The van der Waals surface area contributed by atoms with Crippen LogP contribution in [0.4, 0.5) is 13.2 Å². The summed E-state index contributed by atoms with van der Waals surface area (Å²) in [5.41, 5.74) is -0.764. The third kappa shape index (κ3) is 4.27. The van der Waals surface area contributed by atoms with Crippen molar-refractivity contribution in [2.24, 2.45) is 0 Å². The first kappa shape index (κ1) is 21.7. The molecule has 0 unspecified atom stereocenters. The highest BCUT2D eigenvalue weighted by molar-refractivity contribution is 8.30. The van der Waals surface area contributed by atoms with E-state index in [-0.39, 0.29) is 5.56 Å². The number of benzene rings is 4. The maximum Gasteiger partial charge on any atom is 0.416 e. The number of alkyl halides is 3. The van der Waals surface area contributed by atoms with Crippen molar-refractivity contribution in [2.45, 2.75) is 20.9 Å². The van der Waals surface area contributed by atoms with Crippen molar-refractivity contribution >= 4 is 16.3 Å². The molecule has 0 aliphatic carbocycles. The fourth-order valence-corrected chi connectivity index (χ4v) is 6.40. The molecule has 6 heteroatoms. The second-order valence-electron chi connectivity index (χ2n) is 6.94. The van der Waals surface area contributed by atoms with Crippen LogP contribution in [0.5, 0.6) is 0 Å². The van der Waals surface area contributed by atoms with Crippen LogP contribution in [-0.4, -0.2) is 5.97 Å². The fraction of sp³-hybridized carbons (Fsp3) is 0.0385. The standard InChI is InChI=1S/C26H19F3O2S/c27-26(28,29)21-18-16-20(17-19-21)25(30)31-32(22-10-4-1-5-11-22,23-12-6-2-7-13-23)24-14-8-3-9-15-24/h1-19H. The Bertz CT molecular complexity index is 1080. The number of halogens is 3. The number of hydrogen-bond donors (Lipinski definition) is 0. The molecule has 0 bridgehead atoms. The second-order valence-corrected chi connectivity index (χ2v) is 9.63. The lowest BCUT2D eigenvalue weighted by Crippen LogP contribution is -2.14. The van der Waals surface area contributed by atoms with E-state index in [1.807, 2.05) is 91.0 Å². The van der Waals surface area contributed by atoms with Crippen molar-refractivity contribution < 1.29 is 22.1 Å². The van der Waals surface area contributed by atoms with Gasteiger partial charge in [0.05, 0.1) is 11.1 Å². The van der Waals surface area contributed by atoms with Gasteiger partial charge in [-0.1, -0.05) is 54.6 Å². The van der Waals surface area contributed by atoms with Crippen molar-refractivity contribution in [1.82, 2.24) is 0 Å². The van der Waals surface area contributed by atoms with Crippen LogP contribution in [0.1, 0.15) is 15.9 Å². The summed E-state index contributed by atoms with van der Waals surface area (Å²) in [7, 11) is -2.49. The number of carbonyl (C=O) groups excluding carboxylic acids is 1. The van der Waals surface area contributed by atoms with Crippen LogP contribution < -0.4 is 0 Å². The molecule has 0 heterocycles. The largest absolute Gasteiger partial charge is 0.416 e. The van der Waals surface area contributed by atoms with Crippen LogP contribution in [0.15, 0.2) is 130 Å². The lowest BCUT2D eigenvalue weighted by Gasteiger charge is -2.39. The van der Waals surface area contributed by atoms with E-state index >= 15 is 0 Å². The van der Waals surface area contributed by atoms with E-state index in [9.17, 15) is 18.0 Å². The summed E-state index contributed by atoms with van der Waals surface area (Å²) < 4.78 is 45.1. The SMILES string of the molecule is O=C(OS(c1ccccc1)(c1ccccc1)c1ccccc1)c1ccc(C(F)(F)F)cc1. The Morgan fingerprint density at radius 3 is 1.31 bits per heavy atom. The maximum absolute atomic E-state index is 13.3. The minimum absolute atomic E-state index is 0.0534. The molecule has 4 rings (SSSR count). The van der Waals surface area contributed by atoms with E-state index in [0.717, 1.165) is 39.0 Å². The zero-order valence-corrected chi connectivity index (χ0v) is 17.6. The molecule has 0 aliphatic rings. The molecule has 0 aromatic heterocycles. The zero-order chi connectivity index (χ0) is 22.6. The molecule has 0 saturated heterocycles. The summed E-state index contributed by atoms with van der Waals surface area (Å²) in [6.45, 7) is 0. The van der Waals surface area contributed by atoms with Crippen molar-refractivity contribution in [3.8, 4) is 0 Å². The Morgan fingerprint density at radius 2 is 0.969 bits per heavy atom. The molecule has 0 atom stereocenters. The molecule has 162 valence electrons. The lowest BCUT2D eigenvalue weighted by molar-refractivity contribution is -0.137. The summed E-state index contributed by atoms with van der Waals surface area (Å²) in [5, 5.41) is 0. The minimum atomic E-state index is -4.48. The molecule has 4 aromatic rings. The highest BCUT2D eigenvalue weighted by Crippen LogP contribution is 2.69. The number of rotatable bonds is 5. The third-order valence-corrected chi connectivity index (χ3v) is 8.08. The summed E-state index contributed by atoms with van der Waals surface area (Å²) in [4.78, 5) is 15.7. The normalized spacial score (nSPS) is 12.2. The molecular weight excluding hydrogens is 433 g/mol. The van der Waals surface area contributed by atoms with Gasteiger partial charge in [-0.2, -0.15) is 13.2 Å². The van der Waals surface area contributed by atoms with Crippen molar-refractivity contribution in [3.63, 3.8) is 0 Å².